The number of hydrogen-bond donors (Lipinski definition) is 1. The second kappa shape index (κ2) is 5.88. The fourth-order valence-electron chi connectivity index (χ4n) is 3.61. The maximum absolute atomic E-state index is 5.99. The van der Waals surface area contributed by atoms with Crippen LogP contribution < -0.4 is 5.73 Å². The van der Waals surface area contributed by atoms with Crippen LogP contribution in [0.5, 0.6) is 0 Å². The molecule has 0 bridgehead atoms. The molecule has 100 valence electrons. The molecular formula is C17H27N. The van der Waals surface area contributed by atoms with Gasteiger partial charge in [0.2, 0.25) is 0 Å². The smallest absolute Gasteiger partial charge is 0.00430 e. The van der Waals surface area contributed by atoms with Gasteiger partial charge in [-0.05, 0) is 56.6 Å². The summed E-state index contributed by atoms with van der Waals surface area (Å²) in [5, 5.41) is 0. The van der Waals surface area contributed by atoms with E-state index in [4.69, 9.17) is 5.73 Å². The molecule has 0 heterocycles. The van der Waals surface area contributed by atoms with Gasteiger partial charge in [0.15, 0.2) is 0 Å². The van der Waals surface area contributed by atoms with Gasteiger partial charge in [-0.3, -0.25) is 0 Å². The van der Waals surface area contributed by atoms with Crippen LogP contribution in [0.25, 0.3) is 0 Å². The van der Waals surface area contributed by atoms with Gasteiger partial charge in [0, 0.05) is 0 Å². The number of benzene rings is 1. The molecule has 0 aliphatic heterocycles. The Labute approximate surface area is 112 Å². The highest BCUT2D eigenvalue weighted by atomic mass is 14.6. The highest BCUT2D eigenvalue weighted by Gasteiger charge is 2.30. The van der Waals surface area contributed by atoms with Crippen molar-refractivity contribution in [2.24, 2.45) is 17.6 Å². The summed E-state index contributed by atoms with van der Waals surface area (Å²) in [6, 6.07) is 7.01. The lowest BCUT2D eigenvalue weighted by molar-refractivity contribution is 0.236. The monoisotopic (exact) mass is 245 g/mol. The minimum Gasteiger partial charge on any atom is -0.330 e. The largest absolute Gasteiger partial charge is 0.330 e. The van der Waals surface area contributed by atoms with E-state index in [1.165, 1.54) is 42.4 Å². The lowest BCUT2D eigenvalue weighted by Gasteiger charge is -2.36. The Morgan fingerprint density at radius 1 is 1.11 bits per heavy atom. The Morgan fingerprint density at radius 3 is 2.33 bits per heavy atom. The normalized spacial score (nSPS) is 28.3. The molecule has 1 heteroatoms. The SMILES string of the molecule is CCC1CCC(CN)C(c2cc(C)cc(C)c2)C1. The van der Waals surface area contributed by atoms with Gasteiger partial charge in [0.25, 0.3) is 0 Å². The zero-order valence-corrected chi connectivity index (χ0v) is 12.1. The van der Waals surface area contributed by atoms with Crippen molar-refractivity contribution in [2.45, 2.75) is 52.4 Å². The zero-order valence-electron chi connectivity index (χ0n) is 12.1. The molecule has 18 heavy (non-hydrogen) atoms. The van der Waals surface area contributed by atoms with Gasteiger partial charge in [-0.2, -0.15) is 0 Å². The summed E-state index contributed by atoms with van der Waals surface area (Å²) >= 11 is 0. The molecule has 2 rings (SSSR count). The molecule has 3 atom stereocenters. The number of aryl methyl sites for hydroxylation is 2. The van der Waals surface area contributed by atoms with Crippen LogP contribution in [-0.4, -0.2) is 6.54 Å². The van der Waals surface area contributed by atoms with Crippen molar-refractivity contribution in [3.8, 4) is 0 Å². The highest BCUT2D eigenvalue weighted by Crippen LogP contribution is 2.41. The topological polar surface area (TPSA) is 26.0 Å². The Kier molecular flexibility index (Phi) is 4.45. The third-order valence-corrected chi connectivity index (χ3v) is 4.65. The molecule has 1 aromatic carbocycles. The Morgan fingerprint density at radius 2 is 1.78 bits per heavy atom. The molecule has 1 fully saturated rings. The van der Waals surface area contributed by atoms with E-state index in [9.17, 15) is 0 Å². The van der Waals surface area contributed by atoms with Gasteiger partial charge in [0.1, 0.15) is 0 Å². The lowest BCUT2D eigenvalue weighted by Crippen LogP contribution is -2.29. The minimum absolute atomic E-state index is 0.687. The van der Waals surface area contributed by atoms with Crippen molar-refractivity contribution in [1.29, 1.82) is 0 Å². The summed E-state index contributed by atoms with van der Waals surface area (Å²) in [7, 11) is 0. The first-order chi connectivity index (χ1) is 8.63. The van der Waals surface area contributed by atoms with Crippen molar-refractivity contribution >= 4 is 0 Å². The van der Waals surface area contributed by atoms with Crippen LogP contribution in [0.1, 0.15) is 55.2 Å². The Balaban J connectivity index is 2.26. The third kappa shape index (κ3) is 2.95. The van der Waals surface area contributed by atoms with Gasteiger partial charge in [-0.15, -0.1) is 0 Å². The third-order valence-electron chi connectivity index (χ3n) is 4.65. The van der Waals surface area contributed by atoms with Crippen LogP contribution in [0.4, 0.5) is 0 Å². The van der Waals surface area contributed by atoms with Gasteiger partial charge < -0.3 is 5.73 Å². The Hall–Kier alpha value is -0.820. The van der Waals surface area contributed by atoms with Crippen LogP contribution in [0.2, 0.25) is 0 Å². The van der Waals surface area contributed by atoms with Crippen molar-refractivity contribution < 1.29 is 0 Å². The van der Waals surface area contributed by atoms with Gasteiger partial charge in [0.05, 0.1) is 0 Å². The predicted octanol–water partition coefficient (Wildman–Crippen LogP) is 4.17. The summed E-state index contributed by atoms with van der Waals surface area (Å²) in [4.78, 5) is 0. The molecule has 2 N–H and O–H groups in total. The molecule has 1 nitrogen and oxygen atoms in total. The van der Waals surface area contributed by atoms with Gasteiger partial charge >= 0.3 is 0 Å². The van der Waals surface area contributed by atoms with E-state index < -0.39 is 0 Å². The van der Waals surface area contributed by atoms with E-state index in [-0.39, 0.29) is 0 Å². The summed E-state index contributed by atoms with van der Waals surface area (Å²) in [5.74, 6) is 2.28. The second-order valence-corrected chi connectivity index (χ2v) is 6.11. The lowest BCUT2D eigenvalue weighted by atomic mass is 9.70. The number of hydrogen-bond acceptors (Lipinski definition) is 1. The number of rotatable bonds is 3. The molecule has 1 aliphatic rings. The van der Waals surface area contributed by atoms with Gasteiger partial charge in [-0.1, -0.05) is 49.1 Å². The van der Waals surface area contributed by atoms with E-state index in [0.717, 1.165) is 12.5 Å². The summed E-state index contributed by atoms with van der Waals surface area (Å²) in [6.07, 6.45) is 5.34. The summed E-state index contributed by atoms with van der Waals surface area (Å²) in [6.45, 7) is 7.57. The first-order valence-electron chi connectivity index (χ1n) is 7.42. The summed E-state index contributed by atoms with van der Waals surface area (Å²) < 4.78 is 0. The maximum Gasteiger partial charge on any atom is -0.00430 e. The first-order valence-corrected chi connectivity index (χ1v) is 7.42. The van der Waals surface area contributed by atoms with Crippen LogP contribution in [0.3, 0.4) is 0 Å². The number of nitrogens with two attached hydrogens (primary N) is 1. The molecular weight excluding hydrogens is 218 g/mol. The second-order valence-electron chi connectivity index (χ2n) is 6.11. The van der Waals surface area contributed by atoms with E-state index in [2.05, 4.69) is 39.0 Å². The Bertz CT molecular complexity index is 376. The molecule has 0 amide bonds. The van der Waals surface area contributed by atoms with Crippen molar-refractivity contribution in [3.05, 3.63) is 34.9 Å². The van der Waals surface area contributed by atoms with Crippen LogP contribution in [-0.2, 0) is 0 Å². The molecule has 0 aromatic heterocycles. The summed E-state index contributed by atoms with van der Waals surface area (Å²) in [5.41, 5.74) is 10.3. The van der Waals surface area contributed by atoms with Crippen molar-refractivity contribution in [1.82, 2.24) is 0 Å². The minimum atomic E-state index is 0.687. The average molecular weight is 245 g/mol. The molecule has 0 radical (unpaired) electrons. The van der Waals surface area contributed by atoms with E-state index in [0.29, 0.717) is 11.8 Å². The molecule has 3 unspecified atom stereocenters. The van der Waals surface area contributed by atoms with Crippen LogP contribution in [0, 0.1) is 25.7 Å². The van der Waals surface area contributed by atoms with Crippen molar-refractivity contribution in [3.63, 3.8) is 0 Å². The zero-order chi connectivity index (χ0) is 13.1. The van der Waals surface area contributed by atoms with E-state index in [1.807, 2.05) is 0 Å². The van der Waals surface area contributed by atoms with Crippen LogP contribution in [0.15, 0.2) is 18.2 Å². The fraction of sp³-hybridized carbons (Fsp3) is 0.647. The molecule has 0 spiro atoms. The average Bonchev–Trinajstić information content (AvgIpc) is 2.36. The molecule has 1 aliphatic carbocycles. The van der Waals surface area contributed by atoms with E-state index >= 15 is 0 Å². The molecule has 0 saturated heterocycles. The first kappa shape index (κ1) is 13.6. The quantitative estimate of drug-likeness (QED) is 0.849. The molecule has 1 aromatic rings. The van der Waals surface area contributed by atoms with E-state index in [1.54, 1.807) is 0 Å². The predicted molar refractivity (Wildman–Crippen MR) is 78.8 cm³/mol. The van der Waals surface area contributed by atoms with Gasteiger partial charge in [-0.25, -0.2) is 0 Å². The molecule has 1 saturated carbocycles. The maximum atomic E-state index is 5.99. The van der Waals surface area contributed by atoms with Crippen LogP contribution >= 0.6 is 0 Å². The highest BCUT2D eigenvalue weighted by molar-refractivity contribution is 5.31. The fourth-order valence-corrected chi connectivity index (χ4v) is 3.61. The van der Waals surface area contributed by atoms with Crippen molar-refractivity contribution in [2.75, 3.05) is 6.54 Å². The standard InChI is InChI=1S/C17H27N/c1-4-14-5-6-15(11-18)17(10-14)16-8-12(2)7-13(3)9-16/h7-9,14-15,17H,4-6,10-11,18H2,1-3H3.